The van der Waals surface area contributed by atoms with Crippen LogP contribution in [-0.2, 0) is 47.6 Å². The summed E-state index contributed by atoms with van der Waals surface area (Å²) in [6.07, 6.45) is 9.53. The van der Waals surface area contributed by atoms with Gasteiger partial charge in [0.25, 0.3) is 0 Å². The van der Waals surface area contributed by atoms with Crippen molar-refractivity contribution in [1.29, 1.82) is 0 Å². The molecule has 0 aromatic carbocycles. The highest BCUT2D eigenvalue weighted by atomic mass is 16.6. The largest absolute Gasteiger partial charge is 0.468 e. The Morgan fingerprint density at radius 3 is 1.38 bits per heavy atom. The molecule has 58 heavy (non-hydrogen) atoms. The lowest BCUT2D eigenvalue weighted by Crippen LogP contribution is -2.62. The molecule has 0 amide bonds. The van der Waals surface area contributed by atoms with E-state index in [1.54, 1.807) is 12.5 Å². The van der Waals surface area contributed by atoms with Gasteiger partial charge in [0.1, 0.15) is 46.8 Å². The second-order valence-electron chi connectivity index (χ2n) is 19.4. The predicted octanol–water partition coefficient (Wildman–Crippen LogP) is 8.00. The summed E-state index contributed by atoms with van der Waals surface area (Å²) in [6.45, 7) is 12.5. The topological polar surface area (TPSA) is 150 Å². The second-order valence-corrected chi connectivity index (χ2v) is 19.4. The molecule has 6 fully saturated rings. The minimum absolute atomic E-state index is 0.0452. The van der Waals surface area contributed by atoms with Gasteiger partial charge in [0.15, 0.2) is 0 Å². The first-order valence-corrected chi connectivity index (χ1v) is 21.6. The fourth-order valence-electron chi connectivity index (χ4n) is 15.3. The van der Waals surface area contributed by atoms with E-state index in [-0.39, 0.29) is 58.8 Å². The van der Waals surface area contributed by atoms with Gasteiger partial charge in [-0.2, -0.15) is 0 Å². The Bertz CT molecular complexity index is 1830. The van der Waals surface area contributed by atoms with Crippen LogP contribution in [0.2, 0.25) is 0 Å². The standard InChI is InChI=1S/2C23H30O6/c2*1-12-14-5-6-16-22(3,21(25)26-4)17(29-13(2)24)7-9-23(16)11-28-20(18(14)23)19-15(12)8-10-27-19/h2*8,10,12,14,16-18,20H,5-7,9,11H2,1-4H3/t2*12-,14+,16+,17+,18-,20-,22+,23-/m11/s1. The van der Waals surface area contributed by atoms with Crippen molar-refractivity contribution in [2.75, 3.05) is 27.4 Å². The number of ether oxygens (including phenoxy) is 6. The van der Waals surface area contributed by atoms with Crippen LogP contribution in [0.15, 0.2) is 33.5 Å². The fraction of sp³-hybridized carbons (Fsp3) is 0.739. The molecule has 2 aromatic rings. The number of hydrogen-bond donors (Lipinski definition) is 0. The number of methoxy groups -OCH3 is 2. The van der Waals surface area contributed by atoms with E-state index in [4.69, 9.17) is 37.3 Å². The van der Waals surface area contributed by atoms with E-state index >= 15 is 0 Å². The maximum atomic E-state index is 13.1. The third-order valence-electron chi connectivity index (χ3n) is 17.6. The molecule has 0 unspecified atom stereocenters. The van der Waals surface area contributed by atoms with Crippen molar-refractivity contribution in [2.24, 2.45) is 57.2 Å². The fourth-order valence-corrected chi connectivity index (χ4v) is 15.3. The van der Waals surface area contributed by atoms with Gasteiger partial charge in [-0.1, -0.05) is 13.8 Å². The third-order valence-corrected chi connectivity index (χ3v) is 17.6. The van der Waals surface area contributed by atoms with Crippen LogP contribution in [0.1, 0.15) is 140 Å². The average molecular weight is 805 g/mol. The van der Waals surface area contributed by atoms with Crippen LogP contribution in [0.25, 0.3) is 0 Å². The normalized spacial score (nSPS) is 45.0. The maximum absolute atomic E-state index is 13.1. The number of hydrogen-bond acceptors (Lipinski definition) is 12. The molecule has 2 spiro atoms. The van der Waals surface area contributed by atoms with Gasteiger partial charge in [0.05, 0.1) is 40.0 Å². The van der Waals surface area contributed by atoms with Gasteiger partial charge in [-0.3, -0.25) is 19.2 Å². The van der Waals surface area contributed by atoms with Gasteiger partial charge in [-0.15, -0.1) is 0 Å². The van der Waals surface area contributed by atoms with E-state index < -0.39 is 23.0 Å². The van der Waals surface area contributed by atoms with Crippen LogP contribution >= 0.6 is 0 Å². The van der Waals surface area contributed by atoms with Crippen molar-refractivity contribution in [1.82, 2.24) is 0 Å². The highest BCUT2D eigenvalue weighted by Crippen LogP contribution is 2.73. The van der Waals surface area contributed by atoms with Crippen LogP contribution in [0, 0.1) is 57.2 Å². The molecule has 2 saturated heterocycles. The summed E-state index contributed by atoms with van der Waals surface area (Å²) >= 11 is 0. The first-order chi connectivity index (χ1) is 27.7. The minimum Gasteiger partial charge on any atom is -0.468 e. The van der Waals surface area contributed by atoms with Gasteiger partial charge in [-0.05, 0) is 124 Å². The predicted molar refractivity (Wildman–Crippen MR) is 206 cm³/mol. The van der Waals surface area contributed by atoms with E-state index in [2.05, 4.69) is 26.0 Å². The molecule has 0 N–H and O–H groups in total. The lowest BCUT2D eigenvalue weighted by molar-refractivity contribution is -0.204. The summed E-state index contributed by atoms with van der Waals surface area (Å²) < 4.78 is 46.6. The Hall–Kier alpha value is -3.64. The number of esters is 4. The molecule has 316 valence electrons. The molecule has 0 bridgehead atoms. The lowest BCUT2D eigenvalue weighted by atomic mass is 9.43. The molecule has 6 aliphatic carbocycles. The average Bonchev–Trinajstić information content (AvgIpc) is 4.03. The molecular formula is C46H60O12. The van der Waals surface area contributed by atoms with Gasteiger partial charge < -0.3 is 37.3 Å². The minimum atomic E-state index is -0.866. The number of carbonyl (C=O) groups excluding carboxylic acids is 4. The molecule has 12 heteroatoms. The van der Waals surface area contributed by atoms with Crippen LogP contribution in [0.3, 0.4) is 0 Å². The molecule has 2 aliphatic heterocycles. The van der Waals surface area contributed by atoms with Crippen molar-refractivity contribution < 1.29 is 56.4 Å². The number of carbonyl (C=O) groups is 4. The Balaban J connectivity index is 0.000000150. The Morgan fingerprint density at radius 1 is 0.621 bits per heavy atom. The van der Waals surface area contributed by atoms with Crippen molar-refractivity contribution in [3.05, 3.63) is 47.3 Å². The van der Waals surface area contributed by atoms with Crippen LogP contribution < -0.4 is 0 Å². The molecule has 10 rings (SSSR count). The smallest absolute Gasteiger partial charge is 0.315 e. The molecule has 16 atom stereocenters. The highest BCUT2D eigenvalue weighted by molar-refractivity contribution is 5.79. The first kappa shape index (κ1) is 39.8. The summed E-state index contributed by atoms with van der Waals surface area (Å²) in [5.41, 5.74) is 0.577. The lowest BCUT2D eigenvalue weighted by Gasteiger charge is -2.60. The second kappa shape index (κ2) is 14.0. The SMILES string of the molecule is COC(=O)[C@]1(C)[C@@H](OC(C)=O)CC[C@@]23CO[C@H]4c5occc5[C@H](C)[C@H](CC[C@H]21)[C@H]43.COC(=O)[C@]1(C)[C@@H](OC(C)=O)CC[C@@]23CO[C@H]4c5occc5[C@H](C)[C@H](CC[C@H]21)[C@H]43. The Morgan fingerprint density at radius 2 is 1.02 bits per heavy atom. The maximum Gasteiger partial charge on any atom is 0.315 e. The zero-order chi connectivity index (χ0) is 41.1. The molecule has 8 aliphatic rings. The van der Waals surface area contributed by atoms with Crippen molar-refractivity contribution in [2.45, 2.75) is 129 Å². The summed E-state index contributed by atoms with van der Waals surface area (Å²) in [6, 6.07) is 4.18. The van der Waals surface area contributed by atoms with E-state index in [0.29, 0.717) is 61.6 Å². The van der Waals surface area contributed by atoms with Crippen LogP contribution in [0.4, 0.5) is 0 Å². The Labute approximate surface area is 340 Å². The first-order valence-electron chi connectivity index (χ1n) is 21.6. The summed E-state index contributed by atoms with van der Waals surface area (Å²) in [5, 5.41) is 0. The van der Waals surface area contributed by atoms with E-state index in [9.17, 15) is 19.2 Å². The van der Waals surface area contributed by atoms with Gasteiger partial charge in [-0.25, -0.2) is 0 Å². The summed E-state index contributed by atoms with van der Waals surface area (Å²) in [4.78, 5) is 49.8. The molecule has 4 heterocycles. The van der Waals surface area contributed by atoms with Crippen molar-refractivity contribution in [3.63, 3.8) is 0 Å². The summed E-state index contributed by atoms with van der Waals surface area (Å²) in [5.74, 6) is 3.28. The quantitative estimate of drug-likeness (QED) is 0.218. The number of furan rings is 2. The Kier molecular flexibility index (Phi) is 9.58. The molecule has 12 nitrogen and oxygen atoms in total. The van der Waals surface area contributed by atoms with E-state index in [0.717, 1.165) is 50.0 Å². The van der Waals surface area contributed by atoms with Crippen molar-refractivity contribution >= 4 is 23.9 Å². The van der Waals surface area contributed by atoms with Crippen LogP contribution in [-0.4, -0.2) is 63.5 Å². The molecule has 2 aromatic heterocycles. The van der Waals surface area contributed by atoms with Gasteiger partial charge in [0, 0.05) is 36.5 Å². The third kappa shape index (κ3) is 5.24. The molecular weight excluding hydrogens is 744 g/mol. The van der Waals surface area contributed by atoms with E-state index in [1.165, 1.54) is 39.2 Å². The van der Waals surface area contributed by atoms with Crippen molar-refractivity contribution in [3.8, 4) is 0 Å². The monoisotopic (exact) mass is 804 g/mol. The highest BCUT2D eigenvalue weighted by Gasteiger charge is 2.72. The number of fused-ring (bicyclic) bond motifs is 4. The van der Waals surface area contributed by atoms with E-state index in [1.807, 2.05) is 13.8 Å². The van der Waals surface area contributed by atoms with Gasteiger partial charge in [0.2, 0.25) is 0 Å². The van der Waals surface area contributed by atoms with Gasteiger partial charge >= 0.3 is 23.9 Å². The number of rotatable bonds is 4. The molecule has 0 radical (unpaired) electrons. The molecule has 4 saturated carbocycles. The zero-order valence-corrected chi connectivity index (χ0v) is 35.2. The summed E-state index contributed by atoms with van der Waals surface area (Å²) in [7, 11) is 2.86. The zero-order valence-electron chi connectivity index (χ0n) is 35.2. The van der Waals surface area contributed by atoms with Crippen LogP contribution in [0.5, 0.6) is 0 Å².